The molecule has 1 amide bonds. The molecule has 4 rings (SSSR count). The maximum Gasteiger partial charge on any atom is 0.247 e. The second kappa shape index (κ2) is 10.3. The first kappa shape index (κ1) is 21.9. The molecule has 0 aliphatic carbocycles. The highest BCUT2D eigenvalue weighted by Crippen LogP contribution is 2.32. The second-order valence-corrected chi connectivity index (χ2v) is 8.31. The maximum absolute atomic E-state index is 11.4. The summed E-state index contributed by atoms with van der Waals surface area (Å²) in [5, 5.41) is 7.00. The molecular weight excluding hydrogens is 422 g/mol. The molecular formula is C24H25N5O2S. The summed E-state index contributed by atoms with van der Waals surface area (Å²) in [6, 6.07) is 15.8. The molecule has 0 spiro atoms. The molecule has 0 radical (unpaired) electrons. The van der Waals surface area contributed by atoms with Crippen LogP contribution in [0.3, 0.4) is 0 Å². The topological polar surface area (TPSA) is 79.4 Å². The molecule has 7 nitrogen and oxygen atoms in total. The van der Waals surface area contributed by atoms with Crippen molar-refractivity contribution in [1.82, 2.24) is 9.97 Å². The third-order valence-electron chi connectivity index (χ3n) is 4.95. The van der Waals surface area contributed by atoms with Gasteiger partial charge in [0.05, 0.1) is 24.6 Å². The van der Waals surface area contributed by atoms with Crippen LogP contribution in [0.5, 0.6) is 0 Å². The summed E-state index contributed by atoms with van der Waals surface area (Å²) in [5.74, 6) is 0.318. The van der Waals surface area contributed by atoms with Gasteiger partial charge in [0.2, 0.25) is 11.9 Å². The van der Waals surface area contributed by atoms with Crippen molar-refractivity contribution in [3.05, 3.63) is 72.9 Å². The highest BCUT2D eigenvalue weighted by atomic mass is 32.2. The van der Waals surface area contributed by atoms with Crippen molar-refractivity contribution in [3.63, 3.8) is 0 Å². The molecule has 1 aliphatic rings. The van der Waals surface area contributed by atoms with Gasteiger partial charge in [0, 0.05) is 35.4 Å². The molecule has 0 unspecified atom stereocenters. The van der Waals surface area contributed by atoms with E-state index in [9.17, 15) is 4.79 Å². The van der Waals surface area contributed by atoms with Crippen LogP contribution in [0.4, 0.5) is 23.0 Å². The van der Waals surface area contributed by atoms with Gasteiger partial charge < -0.3 is 20.3 Å². The third-order valence-corrected chi connectivity index (χ3v) is 6.06. The van der Waals surface area contributed by atoms with Crippen LogP contribution in [0.1, 0.15) is 5.56 Å². The number of morpholine rings is 1. The van der Waals surface area contributed by atoms with Gasteiger partial charge in [-0.3, -0.25) is 4.79 Å². The van der Waals surface area contributed by atoms with Crippen molar-refractivity contribution in [2.45, 2.75) is 16.8 Å². The fourth-order valence-electron chi connectivity index (χ4n) is 3.28. The predicted octanol–water partition coefficient (Wildman–Crippen LogP) is 4.64. The van der Waals surface area contributed by atoms with Crippen LogP contribution in [0.2, 0.25) is 0 Å². The SMILES string of the molecule is C=CC(=O)Nc1ccc(Sc2nc(Nc3ccccc3N3CCOCC3)ncc2C)cc1. The van der Waals surface area contributed by atoms with Crippen molar-refractivity contribution in [2.75, 3.05) is 41.8 Å². The lowest BCUT2D eigenvalue weighted by Crippen LogP contribution is -2.36. The molecule has 2 heterocycles. The van der Waals surface area contributed by atoms with Crippen LogP contribution in [0, 0.1) is 6.92 Å². The second-order valence-electron chi connectivity index (χ2n) is 7.24. The van der Waals surface area contributed by atoms with Gasteiger partial charge in [-0.25, -0.2) is 9.97 Å². The van der Waals surface area contributed by atoms with Crippen molar-refractivity contribution in [3.8, 4) is 0 Å². The van der Waals surface area contributed by atoms with E-state index in [2.05, 4.69) is 33.2 Å². The van der Waals surface area contributed by atoms with Crippen LogP contribution in [-0.2, 0) is 9.53 Å². The molecule has 1 fully saturated rings. The van der Waals surface area contributed by atoms with Gasteiger partial charge in [-0.15, -0.1) is 0 Å². The number of carbonyl (C=O) groups is 1. The number of nitrogens with zero attached hydrogens (tertiary/aromatic N) is 3. The summed E-state index contributed by atoms with van der Waals surface area (Å²) in [6.45, 7) is 8.63. The van der Waals surface area contributed by atoms with E-state index < -0.39 is 0 Å². The van der Waals surface area contributed by atoms with Gasteiger partial charge in [-0.2, -0.15) is 0 Å². The summed E-state index contributed by atoms with van der Waals surface area (Å²) in [7, 11) is 0. The highest BCUT2D eigenvalue weighted by molar-refractivity contribution is 7.99. The largest absolute Gasteiger partial charge is 0.378 e. The fraction of sp³-hybridized carbons (Fsp3) is 0.208. The number of hydrogen-bond donors (Lipinski definition) is 2. The van der Waals surface area contributed by atoms with Gasteiger partial charge in [0.25, 0.3) is 0 Å². The van der Waals surface area contributed by atoms with E-state index in [0.717, 1.165) is 58.9 Å². The number of rotatable bonds is 7. The Labute approximate surface area is 191 Å². The average molecular weight is 448 g/mol. The molecule has 1 aromatic heterocycles. The number of benzene rings is 2. The summed E-state index contributed by atoms with van der Waals surface area (Å²) in [4.78, 5) is 24.0. The van der Waals surface area contributed by atoms with Crippen LogP contribution in [-0.4, -0.2) is 42.2 Å². The number of aryl methyl sites for hydroxylation is 1. The minimum Gasteiger partial charge on any atom is -0.378 e. The lowest BCUT2D eigenvalue weighted by molar-refractivity contribution is -0.111. The van der Waals surface area contributed by atoms with Gasteiger partial charge in [-0.05, 0) is 49.4 Å². The number of anilines is 4. The first-order valence-corrected chi connectivity index (χ1v) is 11.2. The lowest BCUT2D eigenvalue weighted by Gasteiger charge is -2.30. The Morgan fingerprint density at radius 1 is 1.16 bits per heavy atom. The van der Waals surface area contributed by atoms with Crippen molar-refractivity contribution < 1.29 is 9.53 Å². The summed E-state index contributed by atoms with van der Waals surface area (Å²) < 4.78 is 5.48. The highest BCUT2D eigenvalue weighted by Gasteiger charge is 2.15. The number of para-hydroxylation sites is 2. The zero-order valence-electron chi connectivity index (χ0n) is 17.9. The van der Waals surface area contributed by atoms with Crippen LogP contribution >= 0.6 is 11.8 Å². The molecule has 0 bridgehead atoms. The van der Waals surface area contributed by atoms with E-state index in [1.54, 1.807) is 11.8 Å². The number of nitrogens with one attached hydrogen (secondary N) is 2. The van der Waals surface area contributed by atoms with Crippen LogP contribution in [0.25, 0.3) is 0 Å². The quantitative estimate of drug-likeness (QED) is 0.403. The molecule has 164 valence electrons. The Morgan fingerprint density at radius 3 is 2.66 bits per heavy atom. The first-order valence-electron chi connectivity index (χ1n) is 10.4. The molecule has 3 aromatic rings. The number of amides is 1. The smallest absolute Gasteiger partial charge is 0.247 e. The summed E-state index contributed by atoms with van der Waals surface area (Å²) in [5.41, 5.74) is 3.80. The Kier molecular flexibility index (Phi) is 7.03. The molecule has 0 saturated carbocycles. The van der Waals surface area contributed by atoms with E-state index >= 15 is 0 Å². The average Bonchev–Trinajstić information content (AvgIpc) is 2.83. The van der Waals surface area contributed by atoms with Gasteiger partial charge in [0.15, 0.2) is 0 Å². The number of carbonyl (C=O) groups excluding carboxylic acids is 1. The molecule has 8 heteroatoms. The predicted molar refractivity (Wildman–Crippen MR) is 129 cm³/mol. The molecule has 2 N–H and O–H groups in total. The Bertz CT molecular complexity index is 1100. The first-order chi connectivity index (χ1) is 15.6. The molecule has 1 aliphatic heterocycles. The van der Waals surface area contributed by atoms with E-state index in [4.69, 9.17) is 9.72 Å². The molecule has 2 aromatic carbocycles. The number of ether oxygens (including phenoxy) is 1. The number of hydrogen-bond acceptors (Lipinski definition) is 7. The van der Waals surface area contributed by atoms with Crippen molar-refractivity contribution in [1.29, 1.82) is 0 Å². The monoisotopic (exact) mass is 447 g/mol. The van der Waals surface area contributed by atoms with Gasteiger partial charge in [-0.1, -0.05) is 30.5 Å². The zero-order valence-corrected chi connectivity index (χ0v) is 18.7. The maximum atomic E-state index is 11.4. The van der Waals surface area contributed by atoms with Gasteiger partial charge >= 0.3 is 0 Å². The fourth-order valence-corrected chi connectivity index (χ4v) is 4.12. The standard InChI is InChI=1S/C24H25N5O2S/c1-3-22(30)26-18-8-10-19(11-9-18)32-23-17(2)16-25-24(28-23)27-20-6-4-5-7-21(20)29-12-14-31-15-13-29/h3-11,16H,1,12-15H2,2H3,(H,26,30)(H,25,27,28). The summed E-state index contributed by atoms with van der Waals surface area (Å²) in [6.07, 6.45) is 3.08. The van der Waals surface area contributed by atoms with Crippen LogP contribution in [0.15, 0.2) is 77.3 Å². The Balaban J connectivity index is 1.50. The molecule has 0 atom stereocenters. The van der Waals surface area contributed by atoms with Crippen molar-refractivity contribution >= 4 is 40.7 Å². The summed E-state index contributed by atoms with van der Waals surface area (Å²) >= 11 is 1.55. The Hall–Kier alpha value is -3.36. The van der Waals surface area contributed by atoms with Gasteiger partial charge in [0.1, 0.15) is 5.03 Å². The van der Waals surface area contributed by atoms with Crippen molar-refractivity contribution in [2.24, 2.45) is 0 Å². The minimum atomic E-state index is -0.231. The van der Waals surface area contributed by atoms with Crippen LogP contribution < -0.4 is 15.5 Å². The molecule has 1 saturated heterocycles. The molecule has 32 heavy (non-hydrogen) atoms. The van der Waals surface area contributed by atoms with E-state index in [0.29, 0.717) is 5.95 Å². The lowest BCUT2D eigenvalue weighted by atomic mass is 10.2. The van der Waals surface area contributed by atoms with E-state index in [1.807, 2.05) is 55.6 Å². The zero-order chi connectivity index (χ0) is 22.3. The number of aromatic nitrogens is 2. The third kappa shape index (κ3) is 5.46. The Morgan fingerprint density at radius 2 is 1.91 bits per heavy atom. The van der Waals surface area contributed by atoms with E-state index in [1.165, 1.54) is 6.08 Å². The normalized spacial score (nSPS) is 13.5. The minimum absolute atomic E-state index is 0.231. The van der Waals surface area contributed by atoms with E-state index in [-0.39, 0.29) is 5.91 Å².